The van der Waals surface area contributed by atoms with Crippen LogP contribution >= 0.6 is 34.2 Å². The Balaban J connectivity index is 2.07. The smallest absolute Gasteiger partial charge is 0.259 e. The molecule has 0 spiro atoms. The van der Waals surface area contributed by atoms with E-state index in [0.29, 0.717) is 10.6 Å². The quantitative estimate of drug-likeness (QED) is 0.610. The van der Waals surface area contributed by atoms with Crippen molar-refractivity contribution < 1.29 is 4.79 Å². The van der Waals surface area contributed by atoms with E-state index in [1.54, 1.807) is 6.07 Å². The summed E-state index contributed by atoms with van der Waals surface area (Å²) in [6.45, 7) is 2.10. The largest absolute Gasteiger partial charge is 0.305 e. The van der Waals surface area contributed by atoms with Gasteiger partial charge in [-0.25, -0.2) is 0 Å². The van der Waals surface area contributed by atoms with Crippen molar-refractivity contribution in [2.24, 2.45) is 0 Å². The number of fused-ring (bicyclic) bond motifs is 1. The van der Waals surface area contributed by atoms with Crippen LogP contribution in [0.5, 0.6) is 0 Å². The molecule has 0 bridgehead atoms. The number of rotatable bonds is 1. The van der Waals surface area contributed by atoms with E-state index in [1.165, 1.54) is 5.56 Å². The first-order valence-corrected chi connectivity index (χ1v) is 8.40. The predicted molar refractivity (Wildman–Crippen MR) is 95.2 cm³/mol. The van der Waals surface area contributed by atoms with E-state index in [0.717, 1.165) is 22.1 Å². The molecule has 0 aromatic heterocycles. The van der Waals surface area contributed by atoms with Crippen LogP contribution in [0.3, 0.4) is 0 Å². The Hall–Kier alpha value is -1.07. The van der Waals surface area contributed by atoms with Crippen molar-refractivity contribution in [1.29, 1.82) is 0 Å². The minimum absolute atomic E-state index is 0.0292. The van der Waals surface area contributed by atoms with Crippen LogP contribution in [0.15, 0.2) is 42.5 Å². The van der Waals surface area contributed by atoms with Crippen molar-refractivity contribution >= 4 is 45.8 Å². The van der Waals surface area contributed by atoms with E-state index in [4.69, 9.17) is 11.6 Å². The summed E-state index contributed by atoms with van der Waals surface area (Å²) in [6.07, 6.45) is 2.01. The fourth-order valence-electron chi connectivity index (χ4n) is 2.79. The van der Waals surface area contributed by atoms with E-state index in [-0.39, 0.29) is 11.9 Å². The zero-order valence-corrected chi connectivity index (χ0v) is 14.6. The van der Waals surface area contributed by atoms with Gasteiger partial charge in [0.2, 0.25) is 0 Å². The van der Waals surface area contributed by atoms with Gasteiger partial charge in [-0.3, -0.25) is 4.79 Å². The molecule has 0 N–H and O–H groups in total. The molecule has 0 saturated heterocycles. The van der Waals surface area contributed by atoms with Crippen LogP contribution in [0.4, 0.5) is 5.69 Å². The van der Waals surface area contributed by atoms with Crippen LogP contribution in [0.25, 0.3) is 0 Å². The summed E-state index contributed by atoms with van der Waals surface area (Å²) in [5, 5.41) is 0.594. The summed E-state index contributed by atoms with van der Waals surface area (Å²) in [6, 6.07) is 13.8. The summed E-state index contributed by atoms with van der Waals surface area (Å²) < 4.78 is 0.928. The average molecular weight is 412 g/mol. The van der Waals surface area contributed by atoms with Gasteiger partial charge in [0.15, 0.2) is 0 Å². The lowest BCUT2D eigenvalue weighted by Crippen LogP contribution is -2.42. The van der Waals surface area contributed by atoms with E-state index in [2.05, 4.69) is 35.6 Å². The maximum atomic E-state index is 13.0. The van der Waals surface area contributed by atoms with Crippen LogP contribution < -0.4 is 4.90 Å². The molecule has 1 atom stereocenters. The van der Waals surface area contributed by atoms with Gasteiger partial charge in [-0.05, 0) is 72.2 Å². The summed E-state index contributed by atoms with van der Waals surface area (Å²) in [5.74, 6) is 0.0292. The second-order valence-electron chi connectivity index (χ2n) is 5.32. The molecule has 0 saturated carbocycles. The molecule has 0 fully saturated rings. The molecule has 0 aliphatic carbocycles. The lowest BCUT2D eigenvalue weighted by molar-refractivity contribution is 0.0974. The van der Waals surface area contributed by atoms with Crippen molar-refractivity contribution in [3.63, 3.8) is 0 Å². The van der Waals surface area contributed by atoms with E-state index in [9.17, 15) is 4.79 Å². The Morgan fingerprint density at radius 3 is 2.86 bits per heavy atom. The molecule has 2 aromatic rings. The Morgan fingerprint density at radius 1 is 1.29 bits per heavy atom. The highest BCUT2D eigenvalue weighted by Gasteiger charge is 2.29. The van der Waals surface area contributed by atoms with Gasteiger partial charge in [-0.15, -0.1) is 0 Å². The number of hydrogen-bond donors (Lipinski definition) is 0. The van der Waals surface area contributed by atoms with Crippen molar-refractivity contribution in [2.75, 3.05) is 4.90 Å². The maximum Gasteiger partial charge on any atom is 0.259 e. The molecule has 1 aliphatic rings. The third-order valence-corrected chi connectivity index (χ3v) is 5.08. The number of anilines is 1. The van der Waals surface area contributed by atoms with Crippen LogP contribution in [0.2, 0.25) is 5.02 Å². The van der Waals surface area contributed by atoms with Gasteiger partial charge in [0.1, 0.15) is 0 Å². The number of benzene rings is 2. The van der Waals surface area contributed by atoms with E-state index < -0.39 is 0 Å². The Bertz CT molecular complexity index is 701. The topological polar surface area (TPSA) is 20.3 Å². The number of carbonyl (C=O) groups is 1. The highest BCUT2D eigenvalue weighted by Crippen LogP contribution is 2.32. The Kier molecular flexibility index (Phi) is 4.22. The van der Waals surface area contributed by atoms with Crippen molar-refractivity contribution in [1.82, 2.24) is 0 Å². The van der Waals surface area contributed by atoms with Gasteiger partial charge in [0.25, 0.3) is 5.91 Å². The number of amides is 1. The van der Waals surface area contributed by atoms with Gasteiger partial charge in [-0.1, -0.05) is 29.8 Å². The Morgan fingerprint density at radius 2 is 2.05 bits per heavy atom. The minimum Gasteiger partial charge on any atom is -0.305 e. The van der Waals surface area contributed by atoms with E-state index in [1.807, 2.05) is 35.2 Å². The van der Waals surface area contributed by atoms with Gasteiger partial charge in [0.05, 0.1) is 5.56 Å². The second-order valence-corrected chi connectivity index (χ2v) is 6.91. The average Bonchev–Trinajstić information content (AvgIpc) is 2.49. The molecule has 1 amide bonds. The third-order valence-electron chi connectivity index (χ3n) is 3.90. The zero-order valence-electron chi connectivity index (χ0n) is 11.6. The van der Waals surface area contributed by atoms with Crippen molar-refractivity contribution in [3.8, 4) is 0 Å². The number of carbonyl (C=O) groups excluding carboxylic acids is 1. The minimum atomic E-state index is 0.0292. The first-order chi connectivity index (χ1) is 10.1. The molecule has 1 heterocycles. The molecule has 0 radical (unpaired) electrons. The summed E-state index contributed by atoms with van der Waals surface area (Å²) in [5.41, 5.74) is 2.93. The summed E-state index contributed by atoms with van der Waals surface area (Å²) in [7, 11) is 0. The first kappa shape index (κ1) is 14.9. The molecule has 1 aliphatic heterocycles. The van der Waals surface area contributed by atoms with Crippen molar-refractivity contribution in [3.05, 3.63) is 62.2 Å². The van der Waals surface area contributed by atoms with Crippen LogP contribution in [0, 0.1) is 3.57 Å². The monoisotopic (exact) mass is 411 g/mol. The van der Waals surface area contributed by atoms with Crippen LogP contribution in [0.1, 0.15) is 29.3 Å². The number of para-hydroxylation sites is 1. The normalized spacial score (nSPS) is 17.5. The number of aryl methyl sites for hydroxylation is 1. The maximum absolute atomic E-state index is 13.0. The zero-order chi connectivity index (χ0) is 15.0. The molecule has 21 heavy (non-hydrogen) atoms. The van der Waals surface area contributed by atoms with Gasteiger partial charge in [-0.2, -0.15) is 0 Å². The van der Waals surface area contributed by atoms with Crippen LogP contribution in [-0.2, 0) is 6.42 Å². The highest BCUT2D eigenvalue weighted by atomic mass is 127. The standard InChI is InChI=1S/C17H15ClINO/c1-11-6-7-12-4-2-3-5-16(12)20(11)17(21)14-10-13(18)8-9-15(14)19/h2-5,8-11H,6-7H2,1H3. The SMILES string of the molecule is CC1CCc2ccccc2N1C(=O)c1cc(Cl)ccc1I. The summed E-state index contributed by atoms with van der Waals surface area (Å²) >= 11 is 8.25. The highest BCUT2D eigenvalue weighted by molar-refractivity contribution is 14.1. The lowest BCUT2D eigenvalue weighted by atomic mass is 9.96. The second kappa shape index (κ2) is 5.97. The fraction of sp³-hybridized carbons (Fsp3) is 0.235. The molecule has 4 heteroatoms. The number of nitrogens with zero attached hydrogens (tertiary/aromatic N) is 1. The molecular formula is C17H15ClINO. The summed E-state index contributed by atoms with van der Waals surface area (Å²) in [4.78, 5) is 14.9. The predicted octanol–water partition coefficient (Wildman–Crippen LogP) is 4.93. The lowest BCUT2D eigenvalue weighted by Gasteiger charge is -2.35. The number of halogens is 2. The first-order valence-electron chi connectivity index (χ1n) is 6.94. The van der Waals surface area contributed by atoms with Gasteiger partial charge >= 0.3 is 0 Å². The van der Waals surface area contributed by atoms with Crippen molar-refractivity contribution in [2.45, 2.75) is 25.8 Å². The van der Waals surface area contributed by atoms with Crippen LogP contribution in [-0.4, -0.2) is 11.9 Å². The molecule has 3 rings (SSSR count). The molecule has 2 aromatic carbocycles. The molecular weight excluding hydrogens is 397 g/mol. The third kappa shape index (κ3) is 2.81. The molecule has 2 nitrogen and oxygen atoms in total. The molecule has 1 unspecified atom stereocenters. The van der Waals surface area contributed by atoms with E-state index >= 15 is 0 Å². The van der Waals surface area contributed by atoms with Gasteiger partial charge < -0.3 is 4.90 Å². The molecule has 108 valence electrons. The fourth-order valence-corrected chi connectivity index (χ4v) is 3.53. The Labute approximate surface area is 143 Å². The van der Waals surface area contributed by atoms with Gasteiger partial charge in [0, 0.05) is 20.3 Å². The number of hydrogen-bond acceptors (Lipinski definition) is 1.